The van der Waals surface area contributed by atoms with Crippen LogP contribution in [0.1, 0.15) is 27.0 Å². The number of rotatable bonds is 5. The van der Waals surface area contributed by atoms with Crippen molar-refractivity contribution in [2.24, 2.45) is 0 Å². The molecule has 4 rings (SSSR count). The molecule has 0 N–H and O–H groups in total. The van der Waals surface area contributed by atoms with Gasteiger partial charge in [0.1, 0.15) is 0 Å². The molecule has 152 valence electrons. The summed E-state index contributed by atoms with van der Waals surface area (Å²) in [6.07, 6.45) is 0.244. The highest BCUT2D eigenvalue weighted by molar-refractivity contribution is 6.09. The van der Waals surface area contributed by atoms with E-state index in [4.69, 9.17) is 9.47 Å². The first-order chi connectivity index (χ1) is 14.5. The summed E-state index contributed by atoms with van der Waals surface area (Å²) in [6, 6.07) is 19.8. The summed E-state index contributed by atoms with van der Waals surface area (Å²) in [6.45, 7) is 2.70. The molecule has 1 heterocycles. The Hall–Kier alpha value is -3.60. The molecule has 0 radical (unpaired) electrons. The van der Waals surface area contributed by atoms with Crippen molar-refractivity contribution in [2.75, 3.05) is 14.2 Å². The molecular weight excluding hydrogens is 378 g/mol. The molecule has 1 aromatic heterocycles. The molecule has 3 aromatic carbocycles. The van der Waals surface area contributed by atoms with Crippen LogP contribution < -0.4 is 0 Å². The second-order valence-corrected chi connectivity index (χ2v) is 7.29. The zero-order valence-corrected chi connectivity index (χ0v) is 17.3. The Labute approximate surface area is 174 Å². The van der Waals surface area contributed by atoms with Gasteiger partial charge in [0.15, 0.2) is 0 Å². The van der Waals surface area contributed by atoms with Gasteiger partial charge in [-0.15, -0.1) is 0 Å². The lowest BCUT2D eigenvalue weighted by Crippen LogP contribution is -2.07. The van der Waals surface area contributed by atoms with Crippen LogP contribution in [0.15, 0.2) is 60.7 Å². The van der Waals surface area contributed by atoms with Crippen molar-refractivity contribution < 1.29 is 19.1 Å². The molecule has 5 heteroatoms. The van der Waals surface area contributed by atoms with Gasteiger partial charge in [0.2, 0.25) is 0 Å². The number of methoxy groups -OCH3 is 2. The van der Waals surface area contributed by atoms with Crippen molar-refractivity contribution in [3.63, 3.8) is 0 Å². The van der Waals surface area contributed by atoms with Gasteiger partial charge in [0.05, 0.1) is 31.7 Å². The standard InChI is InChI=1S/C25H23NO4/c1-16-19(14-23(27)29-2)12-13-21-20-6-4-5-7-22(20)26(24(16)21)15-17-8-10-18(11-9-17)25(28)30-3/h4-13H,14-15H2,1-3H3. The Morgan fingerprint density at radius 2 is 1.60 bits per heavy atom. The number of ether oxygens (including phenoxy) is 2. The van der Waals surface area contributed by atoms with Crippen LogP contribution in [0, 0.1) is 6.92 Å². The molecular formula is C25H23NO4. The quantitative estimate of drug-likeness (QED) is 0.457. The molecule has 0 amide bonds. The van der Waals surface area contributed by atoms with E-state index in [1.54, 1.807) is 12.1 Å². The van der Waals surface area contributed by atoms with E-state index in [1.165, 1.54) is 19.6 Å². The highest BCUT2D eigenvalue weighted by Crippen LogP contribution is 2.33. The van der Waals surface area contributed by atoms with Gasteiger partial charge in [-0.25, -0.2) is 4.79 Å². The monoisotopic (exact) mass is 401 g/mol. The van der Waals surface area contributed by atoms with E-state index in [2.05, 4.69) is 29.7 Å². The molecule has 0 bridgehead atoms. The maximum Gasteiger partial charge on any atom is 0.337 e. The lowest BCUT2D eigenvalue weighted by Gasteiger charge is -2.12. The summed E-state index contributed by atoms with van der Waals surface area (Å²) < 4.78 is 11.9. The fourth-order valence-corrected chi connectivity index (χ4v) is 3.99. The minimum absolute atomic E-state index is 0.244. The average molecular weight is 401 g/mol. The number of para-hydroxylation sites is 1. The molecule has 0 aliphatic heterocycles. The molecule has 0 aliphatic rings. The number of fused-ring (bicyclic) bond motifs is 3. The highest BCUT2D eigenvalue weighted by atomic mass is 16.5. The number of hydrogen-bond donors (Lipinski definition) is 0. The summed E-state index contributed by atoms with van der Waals surface area (Å²) in [7, 11) is 2.79. The largest absolute Gasteiger partial charge is 0.469 e. The van der Waals surface area contributed by atoms with Gasteiger partial charge in [-0.3, -0.25) is 4.79 Å². The van der Waals surface area contributed by atoms with Crippen molar-refractivity contribution >= 4 is 33.7 Å². The Kier molecular flexibility index (Phi) is 5.27. The molecule has 0 saturated carbocycles. The summed E-state index contributed by atoms with van der Waals surface area (Å²) in [5.41, 5.74) is 5.86. The van der Waals surface area contributed by atoms with Crippen LogP contribution in [-0.2, 0) is 27.2 Å². The molecule has 0 unspecified atom stereocenters. The van der Waals surface area contributed by atoms with Crippen molar-refractivity contribution in [3.8, 4) is 0 Å². The van der Waals surface area contributed by atoms with Crippen LogP contribution in [0.25, 0.3) is 21.8 Å². The topological polar surface area (TPSA) is 57.5 Å². The first-order valence-corrected chi connectivity index (χ1v) is 9.77. The Morgan fingerprint density at radius 3 is 2.30 bits per heavy atom. The van der Waals surface area contributed by atoms with E-state index in [-0.39, 0.29) is 18.4 Å². The van der Waals surface area contributed by atoms with Gasteiger partial charge in [-0.05, 0) is 41.8 Å². The fourth-order valence-electron chi connectivity index (χ4n) is 3.99. The molecule has 0 atom stereocenters. The molecule has 4 aromatic rings. The molecule has 0 spiro atoms. The van der Waals surface area contributed by atoms with Crippen molar-refractivity contribution in [1.82, 2.24) is 4.57 Å². The zero-order chi connectivity index (χ0) is 21.3. The second kappa shape index (κ2) is 8.03. The third-order valence-corrected chi connectivity index (χ3v) is 5.58. The third-order valence-electron chi connectivity index (χ3n) is 5.58. The smallest absolute Gasteiger partial charge is 0.337 e. The molecule has 0 fully saturated rings. The van der Waals surface area contributed by atoms with Crippen LogP contribution in [0.4, 0.5) is 0 Å². The minimum atomic E-state index is -0.346. The lowest BCUT2D eigenvalue weighted by molar-refractivity contribution is -0.139. The second-order valence-electron chi connectivity index (χ2n) is 7.29. The van der Waals surface area contributed by atoms with E-state index >= 15 is 0 Å². The van der Waals surface area contributed by atoms with Crippen molar-refractivity contribution in [3.05, 3.63) is 82.9 Å². The SMILES string of the molecule is COC(=O)Cc1ccc2c3ccccc3n(Cc3ccc(C(=O)OC)cc3)c2c1C. The van der Waals surface area contributed by atoms with Gasteiger partial charge in [0, 0.05) is 22.8 Å². The third kappa shape index (κ3) is 3.43. The summed E-state index contributed by atoms with van der Waals surface area (Å²) >= 11 is 0. The van der Waals surface area contributed by atoms with Crippen LogP contribution >= 0.6 is 0 Å². The van der Waals surface area contributed by atoms with Crippen LogP contribution in [0.5, 0.6) is 0 Å². The predicted molar refractivity (Wildman–Crippen MR) is 117 cm³/mol. The number of benzene rings is 3. The van der Waals surface area contributed by atoms with Gasteiger partial charge >= 0.3 is 11.9 Å². The first-order valence-electron chi connectivity index (χ1n) is 9.77. The normalized spacial score (nSPS) is 11.0. The van der Waals surface area contributed by atoms with E-state index < -0.39 is 0 Å². The number of aromatic nitrogens is 1. The lowest BCUT2D eigenvalue weighted by atomic mass is 10.0. The van der Waals surface area contributed by atoms with Gasteiger partial charge in [-0.2, -0.15) is 0 Å². The van der Waals surface area contributed by atoms with E-state index in [1.807, 2.05) is 30.3 Å². The maximum absolute atomic E-state index is 11.9. The Morgan fingerprint density at radius 1 is 0.867 bits per heavy atom. The number of hydrogen-bond acceptors (Lipinski definition) is 4. The van der Waals surface area contributed by atoms with Crippen molar-refractivity contribution in [2.45, 2.75) is 19.9 Å². The molecule has 30 heavy (non-hydrogen) atoms. The number of nitrogens with zero attached hydrogens (tertiary/aromatic N) is 1. The predicted octanol–water partition coefficient (Wildman–Crippen LogP) is 4.65. The van der Waals surface area contributed by atoms with Crippen LogP contribution in [-0.4, -0.2) is 30.7 Å². The van der Waals surface area contributed by atoms with E-state index in [0.29, 0.717) is 12.1 Å². The van der Waals surface area contributed by atoms with Crippen LogP contribution in [0.3, 0.4) is 0 Å². The number of aryl methyl sites for hydroxylation is 1. The van der Waals surface area contributed by atoms with Gasteiger partial charge < -0.3 is 14.0 Å². The van der Waals surface area contributed by atoms with Crippen LogP contribution in [0.2, 0.25) is 0 Å². The van der Waals surface area contributed by atoms with E-state index in [0.717, 1.165) is 33.1 Å². The maximum atomic E-state index is 11.9. The minimum Gasteiger partial charge on any atom is -0.469 e. The molecule has 5 nitrogen and oxygen atoms in total. The summed E-state index contributed by atoms with van der Waals surface area (Å²) in [5.74, 6) is -0.597. The van der Waals surface area contributed by atoms with E-state index in [9.17, 15) is 9.59 Å². The number of carbonyl (C=O) groups is 2. The fraction of sp³-hybridized carbons (Fsp3) is 0.200. The average Bonchev–Trinajstić information content (AvgIpc) is 3.09. The molecule has 0 aliphatic carbocycles. The summed E-state index contributed by atoms with van der Waals surface area (Å²) in [4.78, 5) is 23.6. The Bertz CT molecular complexity index is 1250. The Balaban J connectivity index is 1.85. The van der Waals surface area contributed by atoms with Crippen molar-refractivity contribution in [1.29, 1.82) is 0 Å². The first kappa shape index (κ1) is 19.7. The van der Waals surface area contributed by atoms with Gasteiger partial charge in [0.25, 0.3) is 0 Å². The highest BCUT2D eigenvalue weighted by Gasteiger charge is 2.16. The summed E-state index contributed by atoms with van der Waals surface area (Å²) in [5, 5.41) is 2.33. The number of esters is 2. The zero-order valence-electron chi connectivity index (χ0n) is 17.3. The van der Waals surface area contributed by atoms with Gasteiger partial charge in [-0.1, -0.05) is 42.5 Å². The number of carbonyl (C=O) groups excluding carboxylic acids is 2. The molecule has 0 saturated heterocycles.